The number of halogens is 1. The molecule has 0 bridgehead atoms. The van der Waals surface area contributed by atoms with Crippen LogP contribution in [-0.2, 0) is 22.1 Å². The first-order valence-electron chi connectivity index (χ1n) is 7.43. The molecule has 0 saturated carbocycles. The number of carbonyl (C=O) groups excluding carboxylic acids is 1. The lowest BCUT2D eigenvalue weighted by Crippen LogP contribution is -2.23. The predicted octanol–water partition coefficient (Wildman–Crippen LogP) is 1.51. The summed E-state index contributed by atoms with van der Waals surface area (Å²) in [5, 5.41) is 9.06. The van der Waals surface area contributed by atoms with Crippen molar-refractivity contribution in [2.24, 2.45) is 0 Å². The highest BCUT2D eigenvalue weighted by atomic mass is 32.2. The fourth-order valence-corrected chi connectivity index (χ4v) is 3.18. The van der Waals surface area contributed by atoms with E-state index in [0.717, 1.165) is 12.1 Å². The van der Waals surface area contributed by atoms with Crippen molar-refractivity contribution in [3.05, 3.63) is 71.6 Å². The summed E-state index contributed by atoms with van der Waals surface area (Å²) in [6.45, 7) is -0.144. The average Bonchev–Trinajstić information content (AvgIpc) is 3.12. The maximum absolute atomic E-state index is 12.9. The third-order valence-corrected chi connectivity index (χ3v) is 4.69. The average molecular weight is 376 g/mol. The van der Waals surface area contributed by atoms with Crippen molar-refractivity contribution < 1.29 is 22.0 Å². The van der Waals surface area contributed by atoms with Gasteiger partial charge in [0.1, 0.15) is 11.5 Å². The van der Waals surface area contributed by atoms with E-state index in [1.54, 1.807) is 12.1 Å². The summed E-state index contributed by atoms with van der Waals surface area (Å²) in [6.07, 6.45) is 1.47. The van der Waals surface area contributed by atoms with E-state index >= 15 is 0 Å². The maximum atomic E-state index is 12.9. The first kappa shape index (κ1) is 17.7. The van der Waals surface area contributed by atoms with E-state index in [2.05, 4.69) is 20.5 Å². The number of benzene rings is 1. The molecule has 0 aliphatic heterocycles. The summed E-state index contributed by atoms with van der Waals surface area (Å²) < 4.78 is 42.5. The highest BCUT2D eigenvalue weighted by molar-refractivity contribution is 7.90. The number of amides is 1. The smallest absolute Gasteiger partial charge is 0.335 e. The number of nitrogens with one attached hydrogen (secondary N) is 1. The fourth-order valence-electron chi connectivity index (χ4n) is 2.04. The summed E-state index contributed by atoms with van der Waals surface area (Å²) in [6, 6.07) is 9.91. The molecule has 1 N–H and O–H groups in total. The number of aromatic nitrogens is 3. The minimum absolute atomic E-state index is 0.0630. The highest BCUT2D eigenvalue weighted by Crippen LogP contribution is 2.15. The Balaban J connectivity index is 1.65. The molecule has 2 heterocycles. The van der Waals surface area contributed by atoms with Crippen LogP contribution >= 0.6 is 0 Å². The second-order valence-corrected chi connectivity index (χ2v) is 7.11. The van der Waals surface area contributed by atoms with Gasteiger partial charge in [-0.3, -0.25) is 9.78 Å². The van der Waals surface area contributed by atoms with Crippen LogP contribution in [0, 0.1) is 5.82 Å². The van der Waals surface area contributed by atoms with Crippen LogP contribution in [0.4, 0.5) is 4.39 Å². The van der Waals surface area contributed by atoms with Crippen molar-refractivity contribution >= 4 is 15.7 Å². The van der Waals surface area contributed by atoms with Gasteiger partial charge in [0, 0.05) is 6.20 Å². The molecule has 0 unspecified atom stereocenters. The zero-order valence-corrected chi connectivity index (χ0v) is 14.1. The number of hydrogen-bond acceptors (Lipinski definition) is 7. The normalized spacial score (nSPS) is 11.3. The lowest BCUT2D eigenvalue weighted by Gasteiger charge is -2.01. The van der Waals surface area contributed by atoms with Crippen molar-refractivity contribution in [3.8, 4) is 0 Å². The van der Waals surface area contributed by atoms with Gasteiger partial charge in [0.25, 0.3) is 5.91 Å². The molecule has 1 amide bonds. The Bertz CT molecular complexity index is 1000. The highest BCUT2D eigenvalue weighted by Gasteiger charge is 2.23. The first-order valence-corrected chi connectivity index (χ1v) is 9.08. The molecule has 2 aromatic heterocycles. The minimum atomic E-state index is -3.88. The molecule has 0 radical (unpaired) electrons. The number of rotatable bonds is 6. The van der Waals surface area contributed by atoms with Gasteiger partial charge >= 0.3 is 5.22 Å². The van der Waals surface area contributed by atoms with Gasteiger partial charge in [-0.1, -0.05) is 23.3 Å². The van der Waals surface area contributed by atoms with Crippen molar-refractivity contribution in [2.45, 2.75) is 17.5 Å². The van der Waals surface area contributed by atoms with Crippen LogP contribution in [0.3, 0.4) is 0 Å². The topological polar surface area (TPSA) is 115 Å². The predicted molar refractivity (Wildman–Crippen MR) is 87.0 cm³/mol. The second kappa shape index (κ2) is 7.40. The van der Waals surface area contributed by atoms with Crippen LogP contribution < -0.4 is 5.32 Å². The van der Waals surface area contributed by atoms with Crippen LogP contribution in [0.1, 0.15) is 21.9 Å². The van der Waals surface area contributed by atoms with Gasteiger partial charge in [0.2, 0.25) is 15.7 Å². The van der Waals surface area contributed by atoms with E-state index in [1.165, 1.54) is 24.4 Å². The van der Waals surface area contributed by atoms with Gasteiger partial charge in [-0.2, -0.15) is 0 Å². The van der Waals surface area contributed by atoms with E-state index in [0.29, 0.717) is 5.56 Å². The Kier molecular flexibility index (Phi) is 5.03. The second-order valence-electron chi connectivity index (χ2n) is 5.24. The number of pyridine rings is 1. The maximum Gasteiger partial charge on any atom is 0.335 e. The quantitative estimate of drug-likeness (QED) is 0.693. The molecule has 3 aromatic rings. The molecule has 3 rings (SSSR count). The van der Waals surface area contributed by atoms with Gasteiger partial charge in [-0.05, 0) is 29.8 Å². The van der Waals surface area contributed by atoms with E-state index in [1.807, 2.05) is 0 Å². The summed E-state index contributed by atoms with van der Waals surface area (Å²) in [4.78, 5) is 15.8. The number of nitrogens with zero attached hydrogens (tertiary/aromatic N) is 3. The van der Waals surface area contributed by atoms with Gasteiger partial charge < -0.3 is 9.73 Å². The molecule has 0 saturated heterocycles. The number of sulfone groups is 1. The SMILES string of the molecule is O=C(NCc1nnc(S(=O)(=O)Cc2ccc(F)cc2)o1)c1ccccn1. The lowest BCUT2D eigenvalue weighted by molar-refractivity contribution is 0.0941. The van der Waals surface area contributed by atoms with Crippen LogP contribution in [0.15, 0.2) is 58.3 Å². The Hall–Kier alpha value is -3.14. The third kappa shape index (κ3) is 4.28. The first-order chi connectivity index (χ1) is 12.4. The molecule has 0 aliphatic carbocycles. The molecule has 1 aromatic carbocycles. The third-order valence-electron chi connectivity index (χ3n) is 3.28. The van der Waals surface area contributed by atoms with Gasteiger partial charge in [-0.15, -0.1) is 5.10 Å². The van der Waals surface area contributed by atoms with Crippen molar-refractivity contribution in [1.29, 1.82) is 0 Å². The molecule has 8 nitrogen and oxygen atoms in total. The van der Waals surface area contributed by atoms with Crippen LogP contribution in [0.25, 0.3) is 0 Å². The monoisotopic (exact) mass is 376 g/mol. The van der Waals surface area contributed by atoms with E-state index < -0.39 is 32.5 Å². The number of hydrogen-bond donors (Lipinski definition) is 1. The summed E-state index contributed by atoms with van der Waals surface area (Å²) in [7, 11) is -3.88. The Morgan fingerprint density at radius 1 is 1.12 bits per heavy atom. The van der Waals surface area contributed by atoms with E-state index in [4.69, 9.17) is 4.42 Å². The van der Waals surface area contributed by atoms with Gasteiger partial charge in [-0.25, -0.2) is 12.8 Å². The number of carbonyl (C=O) groups is 1. The van der Waals surface area contributed by atoms with E-state index in [9.17, 15) is 17.6 Å². The Morgan fingerprint density at radius 2 is 1.88 bits per heavy atom. The molecule has 0 fully saturated rings. The van der Waals surface area contributed by atoms with E-state index in [-0.39, 0.29) is 18.1 Å². The van der Waals surface area contributed by atoms with Crippen LogP contribution in [0.2, 0.25) is 0 Å². The molecule has 134 valence electrons. The summed E-state index contributed by atoms with van der Waals surface area (Å²) >= 11 is 0. The molecular weight excluding hydrogens is 363 g/mol. The standard InChI is InChI=1S/C16H13FN4O4S/c17-12-6-4-11(5-7-12)10-26(23,24)16-21-20-14(25-16)9-19-15(22)13-3-1-2-8-18-13/h1-8H,9-10H2,(H,19,22). The Labute approximate surface area is 148 Å². The summed E-state index contributed by atoms with van der Waals surface area (Å²) in [5.74, 6) is -1.39. The van der Waals surface area contributed by atoms with Crippen molar-refractivity contribution in [2.75, 3.05) is 0 Å². The van der Waals surface area contributed by atoms with Crippen LogP contribution in [-0.4, -0.2) is 29.5 Å². The van der Waals surface area contributed by atoms with Gasteiger partial charge in [0.15, 0.2) is 0 Å². The molecule has 0 spiro atoms. The molecular formula is C16H13FN4O4S. The fraction of sp³-hybridized carbons (Fsp3) is 0.125. The lowest BCUT2D eigenvalue weighted by atomic mass is 10.2. The van der Waals surface area contributed by atoms with Gasteiger partial charge in [0.05, 0.1) is 12.3 Å². The minimum Gasteiger partial charge on any atom is -0.411 e. The zero-order chi connectivity index (χ0) is 18.6. The van der Waals surface area contributed by atoms with Crippen molar-refractivity contribution in [3.63, 3.8) is 0 Å². The zero-order valence-electron chi connectivity index (χ0n) is 13.3. The van der Waals surface area contributed by atoms with Crippen molar-refractivity contribution in [1.82, 2.24) is 20.5 Å². The van der Waals surface area contributed by atoms with Crippen LogP contribution in [0.5, 0.6) is 0 Å². The molecule has 0 atom stereocenters. The summed E-state index contributed by atoms with van der Waals surface area (Å²) in [5.41, 5.74) is 0.589. The largest absolute Gasteiger partial charge is 0.411 e. The Morgan fingerprint density at radius 3 is 2.58 bits per heavy atom. The molecule has 10 heteroatoms. The molecule has 26 heavy (non-hydrogen) atoms. The molecule has 0 aliphatic rings.